The fourth-order valence-corrected chi connectivity index (χ4v) is 5.05. The minimum atomic E-state index is -1.01. The van der Waals surface area contributed by atoms with Crippen LogP contribution in [0.5, 0.6) is 11.5 Å². The maximum Gasteiger partial charge on any atom is 0.225 e. The van der Waals surface area contributed by atoms with Crippen molar-refractivity contribution in [1.82, 2.24) is 20.2 Å². The number of rotatable bonds is 9. The lowest BCUT2D eigenvalue weighted by Crippen LogP contribution is -2.50. The number of aromatic nitrogens is 2. The molecule has 2 heterocycles. The number of nitrogens with two attached hydrogens (primary N) is 1. The van der Waals surface area contributed by atoms with Gasteiger partial charge in [0.05, 0.1) is 38.3 Å². The molecular weight excluding hydrogens is 470 g/mol. The van der Waals surface area contributed by atoms with E-state index in [4.69, 9.17) is 20.2 Å². The maximum atomic E-state index is 12.7. The molecule has 37 heavy (non-hydrogen) atoms. The highest BCUT2D eigenvalue weighted by Crippen LogP contribution is 2.36. The van der Waals surface area contributed by atoms with Crippen LogP contribution in [0.15, 0.2) is 42.5 Å². The van der Waals surface area contributed by atoms with Crippen LogP contribution < -0.4 is 20.5 Å². The van der Waals surface area contributed by atoms with E-state index in [-0.39, 0.29) is 17.7 Å². The van der Waals surface area contributed by atoms with Crippen LogP contribution in [0.25, 0.3) is 10.9 Å². The number of aliphatic hydroxyl groups is 1. The summed E-state index contributed by atoms with van der Waals surface area (Å²) < 4.78 is 10.8. The van der Waals surface area contributed by atoms with Gasteiger partial charge in [-0.1, -0.05) is 30.3 Å². The van der Waals surface area contributed by atoms with Crippen molar-refractivity contribution in [3.8, 4) is 11.5 Å². The number of benzene rings is 2. The monoisotopic (exact) mass is 507 g/mol. The van der Waals surface area contributed by atoms with Crippen molar-refractivity contribution in [1.29, 1.82) is 0 Å². The molecular formula is C28H37N5O4. The summed E-state index contributed by atoms with van der Waals surface area (Å²) in [5, 5.41) is 14.3. The maximum absolute atomic E-state index is 12.7. The predicted molar refractivity (Wildman–Crippen MR) is 144 cm³/mol. The molecule has 1 fully saturated rings. The highest BCUT2D eigenvalue weighted by Gasteiger charge is 2.37. The van der Waals surface area contributed by atoms with E-state index in [2.05, 4.69) is 34.6 Å². The zero-order valence-electron chi connectivity index (χ0n) is 22.1. The molecule has 1 aromatic heterocycles. The van der Waals surface area contributed by atoms with Crippen molar-refractivity contribution >= 4 is 22.6 Å². The van der Waals surface area contributed by atoms with Crippen molar-refractivity contribution in [3.63, 3.8) is 0 Å². The lowest BCUT2D eigenvalue weighted by atomic mass is 9.72. The van der Waals surface area contributed by atoms with Gasteiger partial charge in [-0.15, -0.1) is 0 Å². The third-order valence-electron chi connectivity index (χ3n) is 7.07. The second-order valence-corrected chi connectivity index (χ2v) is 10.4. The summed E-state index contributed by atoms with van der Waals surface area (Å²) in [4.78, 5) is 23.8. The summed E-state index contributed by atoms with van der Waals surface area (Å²) >= 11 is 0. The third-order valence-corrected chi connectivity index (χ3v) is 7.07. The first kappa shape index (κ1) is 26.6. The fourth-order valence-electron chi connectivity index (χ4n) is 5.05. The van der Waals surface area contributed by atoms with Gasteiger partial charge in [-0.25, -0.2) is 9.97 Å². The van der Waals surface area contributed by atoms with Gasteiger partial charge in [0.1, 0.15) is 11.6 Å². The molecule has 0 spiro atoms. The molecule has 9 nitrogen and oxygen atoms in total. The first-order chi connectivity index (χ1) is 17.6. The van der Waals surface area contributed by atoms with E-state index in [1.807, 2.05) is 17.0 Å². The number of hydrogen-bond acceptors (Lipinski definition) is 8. The first-order valence-corrected chi connectivity index (χ1v) is 12.6. The lowest BCUT2D eigenvalue weighted by Gasteiger charge is -2.43. The number of carbonyl (C=O) groups excluding carboxylic acids is 1. The Kier molecular flexibility index (Phi) is 7.85. The quantitative estimate of drug-likeness (QED) is 0.404. The van der Waals surface area contributed by atoms with E-state index >= 15 is 0 Å². The van der Waals surface area contributed by atoms with Crippen LogP contribution in [-0.4, -0.2) is 65.3 Å². The molecule has 0 bridgehead atoms. The Bertz CT molecular complexity index is 1230. The van der Waals surface area contributed by atoms with Gasteiger partial charge < -0.3 is 30.5 Å². The van der Waals surface area contributed by atoms with Crippen molar-refractivity contribution in [3.05, 3.63) is 53.9 Å². The number of nitrogen functional groups attached to an aromatic ring is 1. The molecule has 1 aliphatic heterocycles. The van der Waals surface area contributed by atoms with Gasteiger partial charge in [-0.05, 0) is 38.3 Å². The molecule has 0 radical (unpaired) electrons. The summed E-state index contributed by atoms with van der Waals surface area (Å²) in [5.74, 6) is 2.14. The standard InChI is InChI=1S/C28H37N5O4/c1-27(2,35)16-25(34)33-12-10-28(11-13-33,19-8-6-5-7-9-19)18-30-17-24-31-21-15-23(37-4)22(36-3)14-20(21)26(29)32-24/h5-9,14-15,30,35H,10-13,16-18H2,1-4H3,(H2,29,31,32). The first-order valence-electron chi connectivity index (χ1n) is 12.6. The molecule has 4 N–H and O–H groups in total. The van der Waals surface area contributed by atoms with Gasteiger partial charge in [0.15, 0.2) is 11.5 Å². The van der Waals surface area contributed by atoms with Crippen LogP contribution in [0.4, 0.5) is 5.82 Å². The number of nitrogens with zero attached hydrogens (tertiary/aromatic N) is 3. The highest BCUT2D eigenvalue weighted by molar-refractivity contribution is 5.90. The van der Waals surface area contributed by atoms with Crippen molar-refractivity contribution in [2.45, 2.75) is 50.7 Å². The number of carbonyl (C=O) groups is 1. The average molecular weight is 508 g/mol. The third kappa shape index (κ3) is 6.11. The van der Waals surface area contributed by atoms with Crippen LogP contribution in [-0.2, 0) is 16.8 Å². The number of fused-ring (bicyclic) bond motifs is 1. The molecule has 0 unspecified atom stereocenters. The number of hydrogen-bond donors (Lipinski definition) is 3. The van der Waals surface area contributed by atoms with Crippen LogP contribution >= 0.6 is 0 Å². The molecule has 4 rings (SSSR count). The summed E-state index contributed by atoms with van der Waals surface area (Å²) in [5.41, 5.74) is 7.05. The van der Waals surface area contributed by atoms with E-state index in [9.17, 15) is 9.90 Å². The molecule has 0 saturated carbocycles. The minimum absolute atomic E-state index is 0.00535. The number of likely N-dealkylation sites (tertiary alicyclic amines) is 1. The van der Waals surface area contributed by atoms with Crippen molar-refractivity contribution in [2.75, 3.05) is 39.6 Å². The topological polar surface area (TPSA) is 123 Å². The Labute approximate surface area is 218 Å². The van der Waals surface area contributed by atoms with Gasteiger partial charge in [0, 0.05) is 36.5 Å². The number of amides is 1. The lowest BCUT2D eigenvalue weighted by molar-refractivity contribution is -0.136. The molecule has 0 aliphatic carbocycles. The zero-order valence-corrected chi connectivity index (χ0v) is 22.1. The van der Waals surface area contributed by atoms with Gasteiger partial charge in [0.25, 0.3) is 0 Å². The normalized spacial score (nSPS) is 15.5. The van der Waals surface area contributed by atoms with Crippen LogP contribution in [0, 0.1) is 0 Å². The average Bonchev–Trinajstić information content (AvgIpc) is 2.88. The molecule has 1 aliphatic rings. The zero-order chi connectivity index (χ0) is 26.6. The Morgan fingerprint density at radius 1 is 1.11 bits per heavy atom. The smallest absolute Gasteiger partial charge is 0.225 e. The van der Waals surface area contributed by atoms with E-state index in [1.165, 1.54) is 5.56 Å². The van der Waals surface area contributed by atoms with E-state index in [0.29, 0.717) is 60.2 Å². The number of ether oxygens (including phenoxy) is 2. The number of methoxy groups -OCH3 is 2. The summed E-state index contributed by atoms with van der Waals surface area (Å²) in [6.07, 6.45) is 1.76. The van der Waals surface area contributed by atoms with E-state index in [1.54, 1.807) is 34.1 Å². The van der Waals surface area contributed by atoms with E-state index in [0.717, 1.165) is 12.8 Å². The van der Waals surface area contributed by atoms with Gasteiger partial charge in [-0.3, -0.25) is 4.79 Å². The number of nitrogens with one attached hydrogen (secondary N) is 1. The Morgan fingerprint density at radius 3 is 2.38 bits per heavy atom. The largest absolute Gasteiger partial charge is 0.493 e. The fraction of sp³-hybridized carbons (Fsp3) is 0.464. The molecule has 0 atom stereocenters. The minimum Gasteiger partial charge on any atom is -0.493 e. The number of piperidine rings is 1. The molecule has 1 amide bonds. The highest BCUT2D eigenvalue weighted by atomic mass is 16.5. The summed E-state index contributed by atoms with van der Waals surface area (Å²) in [6, 6.07) is 14.0. The molecule has 1 saturated heterocycles. The molecule has 9 heteroatoms. The molecule has 3 aromatic rings. The summed E-state index contributed by atoms with van der Waals surface area (Å²) in [7, 11) is 3.17. The Morgan fingerprint density at radius 2 is 1.76 bits per heavy atom. The SMILES string of the molecule is COc1cc2nc(CNCC3(c4ccccc4)CCN(C(=O)CC(C)(C)O)CC3)nc(N)c2cc1OC. The van der Waals surface area contributed by atoms with Crippen molar-refractivity contribution < 1.29 is 19.4 Å². The Hall–Kier alpha value is -3.43. The second kappa shape index (κ2) is 10.9. The second-order valence-electron chi connectivity index (χ2n) is 10.4. The summed E-state index contributed by atoms with van der Waals surface area (Å²) in [6.45, 7) is 5.78. The van der Waals surface area contributed by atoms with Gasteiger partial charge in [-0.2, -0.15) is 0 Å². The number of anilines is 1. The van der Waals surface area contributed by atoms with Gasteiger partial charge in [0.2, 0.25) is 5.91 Å². The van der Waals surface area contributed by atoms with Gasteiger partial charge >= 0.3 is 0 Å². The van der Waals surface area contributed by atoms with Crippen LogP contribution in [0.2, 0.25) is 0 Å². The molecule has 198 valence electrons. The Balaban J connectivity index is 1.49. The van der Waals surface area contributed by atoms with Crippen LogP contribution in [0.3, 0.4) is 0 Å². The predicted octanol–water partition coefficient (Wildman–Crippen LogP) is 3.04. The molecule has 2 aromatic carbocycles. The van der Waals surface area contributed by atoms with Crippen molar-refractivity contribution in [2.24, 2.45) is 0 Å². The van der Waals surface area contributed by atoms with Crippen LogP contribution in [0.1, 0.15) is 44.5 Å². The van der Waals surface area contributed by atoms with E-state index < -0.39 is 5.60 Å².